The van der Waals surface area contributed by atoms with Gasteiger partial charge in [-0.25, -0.2) is 0 Å². The van der Waals surface area contributed by atoms with Crippen LogP contribution in [-0.2, 0) is 11.8 Å². The van der Waals surface area contributed by atoms with E-state index < -0.39 is 0 Å². The Labute approximate surface area is 155 Å². The summed E-state index contributed by atoms with van der Waals surface area (Å²) >= 11 is 0. The Bertz CT molecular complexity index is 991. The van der Waals surface area contributed by atoms with Crippen LogP contribution in [-0.4, -0.2) is 5.11 Å². The Hall–Kier alpha value is -2.80. The van der Waals surface area contributed by atoms with E-state index in [0.29, 0.717) is 5.75 Å². The Kier molecular flexibility index (Phi) is 3.96. The van der Waals surface area contributed by atoms with Gasteiger partial charge in [-0.15, -0.1) is 0 Å². The summed E-state index contributed by atoms with van der Waals surface area (Å²) in [6, 6.07) is 21.0. The molecular formula is C25H24O. The topological polar surface area (TPSA) is 20.2 Å². The highest BCUT2D eigenvalue weighted by atomic mass is 16.3. The second kappa shape index (κ2) is 6.17. The Balaban J connectivity index is 1.77. The molecule has 0 heterocycles. The average molecular weight is 340 g/mol. The van der Waals surface area contributed by atoms with E-state index in [4.69, 9.17) is 0 Å². The zero-order valence-electron chi connectivity index (χ0n) is 15.6. The smallest absolute Gasteiger partial charge is 0.116 e. The van der Waals surface area contributed by atoms with Crippen LogP contribution in [0.2, 0.25) is 0 Å². The Morgan fingerprint density at radius 3 is 2.27 bits per heavy atom. The van der Waals surface area contributed by atoms with Crippen molar-refractivity contribution in [2.75, 3.05) is 0 Å². The van der Waals surface area contributed by atoms with Gasteiger partial charge in [0.1, 0.15) is 5.75 Å². The van der Waals surface area contributed by atoms with Crippen molar-refractivity contribution in [1.82, 2.24) is 0 Å². The molecule has 3 aromatic carbocycles. The molecule has 0 fully saturated rings. The lowest BCUT2D eigenvalue weighted by molar-refractivity contribution is 0.473. The van der Waals surface area contributed by atoms with Gasteiger partial charge >= 0.3 is 0 Å². The largest absolute Gasteiger partial charge is 0.508 e. The number of hydrogen-bond acceptors (Lipinski definition) is 1. The maximum atomic E-state index is 9.97. The van der Waals surface area contributed by atoms with E-state index in [-0.39, 0.29) is 5.41 Å². The first-order valence-corrected chi connectivity index (χ1v) is 9.14. The summed E-state index contributed by atoms with van der Waals surface area (Å²) in [4.78, 5) is 0. The standard InChI is InChI=1S/C25H24O/c1-17-4-6-18(7-5-17)8-9-19-10-13-24-23(14-19)22-15-21(26)12-11-20(22)16-25(24,2)3/h4-15,26H,16H2,1-3H3/b9-8+. The van der Waals surface area contributed by atoms with Gasteiger partial charge in [0.2, 0.25) is 0 Å². The normalized spacial score (nSPS) is 14.9. The first-order chi connectivity index (χ1) is 12.4. The van der Waals surface area contributed by atoms with Crippen molar-refractivity contribution in [1.29, 1.82) is 0 Å². The third-order valence-electron chi connectivity index (χ3n) is 5.33. The molecule has 0 spiro atoms. The van der Waals surface area contributed by atoms with Crippen LogP contribution in [0.25, 0.3) is 23.3 Å². The molecular weight excluding hydrogens is 316 g/mol. The summed E-state index contributed by atoms with van der Waals surface area (Å²) in [5.74, 6) is 0.329. The molecule has 130 valence electrons. The van der Waals surface area contributed by atoms with Crippen LogP contribution < -0.4 is 0 Å². The predicted octanol–water partition coefficient (Wildman–Crippen LogP) is 6.37. The minimum atomic E-state index is 0.0957. The van der Waals surface area contributed by atoms with Gasteiger partial charge in [0, 0.05) is 0 Å². The quantitative estimate of drug-likeness (QED) is 0.537. The molecule has 0 unspecified atom stereocenters. The van der Waals surface area contributed by atoms with E-state index >= 15 is 0 Å². The summed E-state index contributed by atoms with van der Waals surface area (Å²) in [5.41, 5.74) is 8.79. The second-order valence-electron chi connectivity index (χ2n) is 7.95. The lowest BCUT2D eigenvalue weighted by atomic mass is 9.70. The van der Waals surface area contributed by atoms with Crippen molar-refractivity contribution in [2.24, 2.45) is 0 Å². The number of phenols is 1. The number of aryl methyl sites for hydroxylation is 1. The summed E-state index contributed by atoms with van der Waals surface area (Å²) in [5, 5.41) is 9.97. The summed E-state index contributed by atoms with van der Waals surface area (Å²) in [7, 11) is 0. The van der Waals surface area contributed by atoms with Crippen molar-refractivity contribution in [3.05, 3.63) is 88.5 Å². The average Bonchev–Trinajstić information content (AvgIpc) is 2.62. The second-order valence-corrected chi connectivity index (χ2v) is 7.95. The van der Waals surface area contributed by atoms with Crippen molar-refractivity contribution in [3.63, 3.8) is 0 Å². The van der Waals surface area contributed by atoms with Crippen LogP contribution in [0.5, 0.6) is 5.75 Å². The van der Waals surface area contributed by atoms with Crippen LogP contribution >= 0.6 is 0 Å². The molecule has 26 heavy (non-hydrogen) atoms. The number of rotatable bonds is 2. The fraction of sp³-hybridized carbons (Fsp3) is 0.200. The number of fused-ring (bicyclic) bond motifs is 3. The van der Waals surface area contributed by atoms with Gasteiger partial charge < -0.3 is 5.11 Å². The Morgan fingerprint density at radius 1 is 0.808 bits per heavy atom. The van der Waals surface area contributed by atoms with Gasteiger partial charge in [0.15, 0.2) is 0 Å². The molecule has 1 nitrogen and oxygen atoms in total. The van der Waals surface area contributed by atoms with E-state index in [1.54, 1.807) is 6.07 Å². The van der Waals surface area contributed by atoms with E-state index in [9.17, 15) is 5.11 Å². The van der Waals surface area contributed by atoms with E-state index in [1.165, 1.54) is 33.4 Å². The minimum Gasteiger partial charge on any atom is -0.508 e. The van der Waals surface area contributed by atoms with E-state index in [2.05, 4.69) is 81.5 Å². The molecule has 0 amide bonds. The Morgan fingerprint density at radius 2 is 1.50 bits per heavy atom. The molecule has 3 aromatic rings. The zero-order valence-corrected chi connectivity index (χ0v) is 15.6. The summed E-state index contributed by atoms with van der Waals surface area (Å²) in [6.07, 6.45) is 5.31. The van der Waals surface area contributed by atoms with Crippen molar-refractivity contribution in [2.45, 2.75) is 32.6 Å². The lowest BCUT2D eigenvalue weighted by Crippen LogP contribution is -2.25. The summed E-state index contributed by atoms with van der Waals surface area (Å²) < 4.78 is 0. The molecule has 0 bridgehead atoms. The SMILES string of the molecule is Cc1ccc(/C=C/c2ccc3c(c2)-c2cc(O)ccc2CC3(C)C)cc1. The molecule has 0 atom stereocenters. The van der Waals surface area contributed by atoms with Crippen molar-refractivity contribution in [3.8, 4) is 16.9 Å². The molecule has 1 N–H and O–H groups in total. The highest BCUT2D eigenvalue weighted by Crippen LogP contribution is 2.44. The van der Waals surface area contributed by atoms with Gasteiger partial charge in [0.05, 0.1) is 0 Å². The molecule has 0 aliphatic heterocycles. The highest BCUT2D eigenvalue weighted by molar-refractivity contribution is 5.80. The third kappa shape index (κ3) is 3.06. The fourth-order valence-electron chi connectivity index (χ4n) is 3.89. The number of aromatic hydroxyl groups is 1. The van der Waals surface area contributed by atoms with Gasteiger partial charge in [-0.2, -0.15) is 0 Å². The molecule has 0 aromatic heterocycles. The maximum absolute atomic E-state index is 9.97. The van der Waals surface area contributed by atoms with Crippen LogP contribution in [0.4, 0.5) is 0 Å². The van der Waals surface area contributed by atoms with Gasteiger partial charge in [0.25, 0.3) is 0 Å². The number of hydrogen-bond donors (Lipinski definition) is 1. The predicted molar refractivity (Wildman–Crippen MR) is 110 cm³/mol. The van der Waals surface area contributed by atoms with Gasteiger partial charge in [-0.1, -0.05) is 74.0 Å². The van der Waals surface area contributed by atoms with E-state index in [1.807, 2.05) is 6.07 Å². The number of phenolic OH excluding ortho intramolecular Hbond substituents is 1. The van der Waals surface area contributed by atoms with Gasteiger partial charge in [-0.05, 0) is 70.3 Å². The molecule has 0 saturated heterocycles. The molecule has 4 rings (SSSR count). The van der Waals surface area contributed by atoms with Crippen LogP contribution in [0.3, 0.4) is 0 Å². The third-order valence-corrected chi connectivity index (χ3v) is 5.33. The lowest BCUT2D eigenvalue weighted by Gasteiger charge is -2.34. The van der Waals surface area contributed by atoms with Crippen LogP contribution in [0.1, 0.15) is 41.7 Å². The first-order valence-electron chi connectivity index (χ1n) is 9.14. The molecule has 0 saturated carbocycles. The zero-order chi connectivity index (χ0) is 18.3. The highest BCUT2D eigenvalue weighted by Gasteiger charge is 2.30. The molecule has 1 aliphatic carbocycles. The minimum absolute atomic E-state index is 0.0957. The maximum Gasteiger partial charge on any atom is 0.116 e. The van der Waals surface area contributed by atoms with Gasteiger partial charge in [-0.3, -0.25) is 0 Å². The summed E-state index contributed by atoms with van der Waals surface area (Å²) in [6.45, 7) is 6.69. The fourth-order valence-corrected chi connectivity index (χ4v) is 3.89. The van der Waals surface area contributed by atoms with Crippen LogP contribution in [0.15, 0.2) is 60.7 Å². The van der Waals surface area contributed by atoms with Crippen LogP contribution in [0, 0.1) is 6.92 Å². The molecule has 0 radical (unpaired) electrons. The van der Waals surface area contributed by atoms with Crippen molar-refractivity contribution >= 4 is 12.2 Å². The first kappa shape index (κ1) is 16.7. The van der Waals surface area contributed by atoms with Crippen molar-refractivity contribution < 1.29 is 5.11 Å². The number of benzene rings is 3. The van der Waals surface area contributed by atoms with E-state index in [0.717, 1.165) is 12.0 Å². The molecule has 1 heteroatoms. The monoisotopic (exact) mass is 340 g/mol. The molecule has 1 aliphatic rings.